The minimum atomic E-state index is 0.0767. The first-order valence-corrected chi connectivity index (χ1v) is 9.88. The lowest BCUT2D eigenvalue weighted by atomic mass is 9.99. The lowest BCUT2D eigenvalue weighted by molar-refractivity contribution is -0.130. The topological polar surface area (TPSA) is 37.4 Å². The van der Waals surface area contributed by atoms with Gasteiger partial charge in [0, 0.05) is 31.5 Å². The minimum absolute atomic E-state index is 0.0767. The molecule has 4 rings (SSSR count). The van der Waals surface area contributed by atoms with Gasteiger partial charge in [-0.1, -0.05) is 48.5 Å². The van der Waals surface area contributed by atoms with Crippen molar-refractivity contribution in [2.24, 2.45) is 0 Å². The van der Waals surface area contributed by atoms with Gasteiger partial charge in [-0.25, -0.2) is 0 Å². The number of amides is 1. The molecule has 27 heavy (non-hydrogen) atoms. The molecule has 0 saturated heterocycles. The molecule has 0 aromatic heterocycles. The molecule has 0 radical (unpaired) electrons. The Kier molecular flexibility index (Phi) is 5.19. The number of hydrogen-bond donors (Lipinski definition) is 0. The highest BCUT2D eigenvalue weighted by molar-refractivity contribution is 5.98. The maximum Gasteiger partial charge on any atom is 0.223 e. The standard InChI is InChI=1S/C24H25NO2/c26-23(22-10-9-19-7-4-8-21(19)17-22)11-12-24(27)25-15-13-20(14-16-25)18-5-2-1-3-6-18/h1-3,5-6,9-10,13,17H,4,7-8,11-12,14-16H2. The molecule has 0 bridgehead atoms. The second-order valence-corrected chi connectivity index (χ2v) is 7.45. The smallest absolute Gasteiger partial charge is 0.223 e. The number of aryl methyl sites for hydroxylation is 2. The zero-order valence-corrected chi connectivity index (χ0v) is 15.6. The van der Waals surface area contributed by atoms with E-state index in [1.165, 1.54) is 28.7 Å². The normalized spacial score (nSPS) is 16.0. The fraction of sp³-hybridized carbons (Fsp3) is 0.333. The van der Waals surface area contributed by atoms with Crippen molar-refractivity contribution in [3.8, 4) is 0 Å². The summed E-state index contributed by atoms with van der Waals surface area (Å²) >= 11 is 0. The molecule has 138 valence electrons. The van der Waals surface area contributed by atoms with E-state index >= 15 is 0 Å². The van der Waals surface area contributed by atoms with Gasteiger partial charge in [-0.15, -0.1) is 0 Å². The van der Waals surface area contributed by atoms with Crippen LogP contribution in [0.3, 0.4) is 0 Å². The average Bonchev–Trinajstić information content (AvgIpc) is 3.20. The van der Waals surface area contributed by atoms with Crippen LogP contribution in [0.5, 0.6) is 0 Å². The molecule has 1 heterocycles. The van der Waals surface area contributed by atoms with Crippen molar-refractivity contribution in [2.75, 3.05) is 13.1 Å². The molecule has 0 saturated carbocycles. The summed E-state index contributed by atoms with van der Waals surface area (Å²) in [6, 6.07) is 16.4. The molecule has 1 aliphatic carbocycles. The summed E-state index contributed by atoms with van der Waals surface area (Å²) in [4.78, 5) is 26.9. The second-order valence-electron chi connectivity index (χ2n) is 7.45. The molecule has 0 atom stereocenters. The number of carbonyl (C=O) groups excluding carboxylic acids is 2. The molecular formula is C24H25NO2. The number of benzene rings is 2. The van der Waals surface area contributed by atoms with Gasteiger partial charge in [0.05, 0.1) is 0 Å². The van der Waals surface area contributed by atoms with Gasteiger partial charge in [0.1, 0.15) is 0 Å². The van der Waals surface area contributed by atoms with Crippen LogP contribution >= 0.6 is 0 Å². The number of nitrogens with zero attached hydrogens (tertiary/aromatic N) is 1. The van der Waals surface area contributed by atoms with Crippen LogP contribution in [-0.4, -0.2) is 29.7 Å². The number of fused-ring (bicyclic) bond motifs is 1. The molecule has 0 N–H and O–H groups in total. The van der Waals surface area contributed by atoms with Gasteiger partial charge in [-0.05, 0) is 54.0 Å². The van der Waals surface area contributed by atoms with E-state index < -0.39 is 0 Å². The number of hydrogen-bond acceptors (Lipinski definition) is 2. The van der Waals surface area contributed by atoms with E-state index in [0.29, 0.717) is 19.4 Å². The summed E-state index contributed by atoms with van der Waals surface area (Å²) < 4.78 is 0. The third-order valence-corrected chi connectivity index (χ3v) is 5.69. The molecule has 0 unspecified atom stereocenters. The summed E-state index contributed by atoms with van der Waals surface area (Å²) in [5.74, 6) is 0.156. The van der Waals surface area contributed by atoms with E-state index in [9.17, 15) is 9.59 Å². The van der Waals surface area contributed by atoms with Gasteiger partial charge in [-0.3, -0.25) is 9.59 Å². The Hall–Kier alpha value is -2.68. The van der Waals surface area contributed by atoms with Crippen molar-refractivity contribution in [2.45, 2.75) is 38.5 Å². The summed E-state index contributed by atoms with van der Waals surface area (Å²) in [5.41, 5.74) is 5.97. The highest BCUT2D eigenvalue weighted by Crippen LogP contribution is 2.24. The van der Waals surface area contributed by atoms with E-state index in [1.807, 2.05) is 35.2 Å². The number of ketones is 1. The Morgan fingerprint density at radius 2 is 1.70 bits per heavy atom. The largest absolute Gasteiger partial charge is 0.339 e. The third-order valence-electron chi connectivity index (χ3n) is 5.69. The van der Waals surface area contributed by atoms with Crippen molar-refractivity contribution in [3.63, 3.8) is 0 Å². The highest BCUT2D eigenvalue weighted by Gasteiger charge is 2.20. The molecule has 3 nitrogen and oxygen atoms in total. The van der Waals surface area contributed by atoms with Crippen LogP contribution in [0.2, 0.25) is 0 Å². The first-order valence-electron chi connectivity index (χ1n) is 9.88. The van der Waals surface area contributed by atoms with Gasteiger partial charge in [0.15, 0.2) is 5.78 Å². The van der Waals surface area contributed by atoms with E-state index in [4.69, 9.17) is 0 Å². The van der Waals surface area contributed by atoms with Crippen LogP contribution in [0, 0.1) is 0 Å². The lowest BCUT2D eigenvalue weighted by Crippen LogP contribution is -2.34. The first-order chi connectivity index (χ1) is 13.2. The third kappa shape index (κ3) is 4.02. The van der Waals surface area contributed by atoms with E-state index in [1.54, 1.807) is 0 Å². The van der Waals surface area contributed by atoms with Crippen LogP contribution in [0.1, 0.15) is 52.7 Å². The maximum atomic E-state index is 12.5. The molecule has 3 heteroatoms. The molecule has 1 amide bonds. The van der Waals surface area contributed by atoms with E-state index in [-0.39, 0.29) is 11.7 Å². The van der Waals surface area contributed by atoms with Crippen LogP contribution in [0.25, 0.3) is 5.57 Å². The molecular weight excluding hydrogens is 334 g/mol. The van der Waals surface area contributed by atoms with Crippen LogP contribution in [0.4, 0.5) is 0 Å². The van der Waals surface area contributed by atoms with Crippen LogP contribution in [0.15, 0.2) is 54.6 Å². The molecule has 2 aliphatic rings. The van der Waals surface area contributed by atoms with Gasteiger partial charge in [0.2, 0.25) is 5.91 Å². The van der Waals surface area contributed by atoms with Crippen molar-refractivity contribution in [1.82, 2.24) is 4.90 Å². The summed E-state index contributed by atoms with van der Waals surface area (Å²) in [6.45, 7) is 1.36. The lowest BCUT2D eigenvalue weighted by Gasteiger charge is -2.26. The summed E-state index contributed by atoms with van der Waals surface area (Å²) in [5, 5.41) is 0. The quantitative estimate of drug-likeness (QED) is 0.740. The molecule has 2 aromatic carbocycles. The Balaban J connectivity index is 1.31. The predicted octanol–water partition coefficient (Wildman–Crippen LogP) is 4.45. The predicted molar refractivity (Wildman–Crippen MR) is 108 cm³/mol. The second kappa shape index (κ2) is 7.91. The van der Waals surface area contributed by atoms with E-state index in [0.717, 1.165) is 31.4 Å². The SMILES string of the molecule is O=C(CCC(=O)N1CC=C(c2ccccc2)CC1)c1ccc2c(c1)CCC2. The molecule has 0 spiro atoms. The van der Waals surface area contributed by atoms with Gasteiger partial charge >= 0.3 is 0 Å². The number of Topliss-reactive ketones (excluding diaryl/α,β-unsaturated/α-hetero) is 1. The van der Waals surface area contributed by atoms with E-state index in [2.05, 4.69) is 24.3 Å². The average molecular weight is 359 g/mol. The van der Waals surface area contributed by atoms with Crippen molar-refractivity contribution in [3.05, 3.63) is 76.9 Å². The minimum Gasteiger partial charge on any atom is -0.339 e. The van der Waals surface area contributed by atoms with Crippen LogP contribution in [-0.2, 0) is 17.6 Å². The van der Waals surface area contributed by atoms with Crippen molar-refractivity contribution >= 4 is 17.3 Å². The highest BCUT2D eigenvalue weighted by atomic mass is 16.2. The summed E-state index contributed by atoms with van der Waals surface area (Å²) in [7, 11) is 0. The zero-order valence-electron chi connectivity index (χ0n) is 15.6. The number of rotatable bonds is 5. The Morgan fingerprint density at radius 3 is 2.48 bits per heavy atom. The zero-order chi connectivity index (χ0) is 18.6. The van der Waals surface area contributed by atoms with Gasteiger partial charge in [-0.2, -0.15) is 0 Å². The first kappa shape index (κ1) is 17.7. The number of carbonyl (C=O) groups is 2. The summed E-state index contributed by atoms with van der Waals surface area (Å²) in [6.07, 6.45) is 6.97. The van der Waals surface area contributed by atoms with Crippen molar-refractivity contribution in [1.29, 1.82) is 0 Å². The Labute approximate surface area is 160 Å². The molecule has 1 aliphatic heterocycles. The fourth-order valence-corrected chi connectivity index (χ4v) is 4.08. The maximum absolute atomic E-state index is 12.5. The van der Waals surface area contributed by atoms with Crippen LogP contribution < -0.4 is 0 Å². The van der Waals surface area contributed by atoms with Crippen molar-refractivity contribution < 1.29 is 9.59 Å². The van der Waals surface area contributed by atoms with Gasteiger partial charge in [0.25, 0.3) is 0 Å². The van der Waals surface area contributed by atoms with Gasteiger partial charge < -0.3 is 4.90 Å². The Morgan fingerprint density at radius 1 is 0.889 bits per heavy atom. The molecule has 2 aromatic rings. The molecule has 0 fully saturated rings. The Bertz CT molecular complexity index is 883. The monoisotopic (exact) mass is 359 g/mol. The fourth-order valence-electron chi connectivity index (χ4n) is 4.08.